The SMILES string of the molecule is COc1ccc([C@@H]2C3=C(CCCC3=O)Nc3[nH]n(-c4ccccc4)c(=O)c32)cc1O. The van der Waals surface area contributed by atoms with Gasteiger partial charge in [-0.3, -0.25) is 14.7 Å². The molecule has 2 aromatic carbocycles. The van der Waals surface area contributed by atoms with Gasteiger partial charge in [0.05, 0.1) is 18.4 Å². The number of phenols is 1. The fraction of sp³-hybridized carbons (Fsp3) is 0.217. The number of phenolic OH excluding ortho intramolecular Hbond substituents is 1. The molecule has 1 aliphatic heterocycles. The Bertz CT molecular complexity index is 1240. The van der Waals surface area contributed by atoms with Gasteiger partial charge in [-0.1, -0.05) is 24.3 Å². The van der Waals surface area contributed by atoms with Crippen LogP contribution in [0.15, 0.2) is 64.6 Å². The summed E-state index contributed by atoms with van der Waals surface area (Å²) in [6.45, 7) is 0. The van der Waals surface area contributed by atoms with Gasteiger partial charge in [0, 0.05) is 23.6 Å². The highest BCUT2D eigenvalue weighted by Gasteiger charge is 2.39. The summed E-state index contributed by atoms with van der Waals surface area (Å²) in [5.74, 6) is 0.362. The van der Waals surface area contributed by atoms with Gasteiger partial charge < -0.3 is 15.2 Å². The van der Waals surface area contributed by atoms with Gasteiger partial charge in [0.2, 0.25) is 0 Å². The molecule has 1 atom stereocenters. The molecule has 30 heavy (non-hydrogen) atoms. The largest absolute Gasteiger partial charge is 0.504 e. The molecule has 0 spiro atoms. The number of nitrogens with zero attached hydrogens (tertiary/aromatic N) is 1. The number of allylic oxidation sites excluding steroid dienone is 2. The molecule has 7 heteroatoms. The number of H-pyrrole nitrogens is 1. The van der Waals surface area contributed by atoms with Gasteiger partial charge >= 0.3 is 0 Å². The lowest BCUT2D eigenvalue weighted by Gasteiger charge is -2.31. The van der Waals surface area contributed by atoms with Crippen LogP contribution in [0.3, 0.4) is 0 Å². The summed E-state index contributed by atoms with van der Waals surface area (Å²) in [6, 6.07) is 14.3. The monoisotopic (exact) mass is 403 g/mol. The minimum atomic E-state index is -0.561. The fourth-order valence-corrected chi connectivity index (χ4v) is 4.42. The quantitative estimate of drug-likeness (QED) is 0.623. The molecule has 1 aromatic heterocycles. The molecule has 0 bridgehead atoms. The molecule has 7 nitrogen and oxygen atoms in total. The number of carbonyl (C=O) groups excluding carboxylic acids is 1. The fourth-order valence-electron chi connectivity index (χ4n) is 4.42. The van der Waals surface area contributed by atoms with E-state index in [1.165, 1.54) is 11.8 Å². The van der Waals surface area contributed by atoms with Crippen LogP contribution in [0.4, 0.5) is 5.82 Å². The summed E-state index contributed by atoms with van der Waals surface area (Å²) in [6.07, 6.45) is 1.95. The maximum atomic E-state index is 13.5. The smallest absolute Gasteiger partial charge is 0.277 e. The van der Waals surface area contributed by atoms with E-state index in [2.05, 4.69) is 10.4 Å². The highest BCUT2D eigenvalue weighted by Crippen LogP contribution is 2.45. The molecule has 0 unspecified atom stereocenters. The first-order valence-electron chi connectivity index (χ1n) is 9.89. The van der Waals surface area contributed by atoms with E-state index in [1.807, 2.05) is 30.3 Å². The average molecular weight is 403 g/mol. The Morgan fingerprint density at radius 3 is 2.63 bits per heavy atom. The van der Waals surface area contributed by atoms with E-state index in [4.69, 9.17) is 4.74 Å². The summed E-state index contributed by atoms with van der Waals surface area (Å²) < 4.78 is 6.64. The minimum Gasteiger partial charge on any atom is -0.504 e. The van der Waals surface area contributed by atoms with Gasteiger partial charge in [-0.2, -0.15) is 0 Å². The third-order valence-electron chi connectivity index (χ3n) is 5.79. The number of fused-ring (bicyclic) bond motifs is 1. The highest BCUT2D eigenvalue weighted by molar-refractivity contribution is 6.01. The van der Waals surface area contributed by atoms with Crippen LogP contribution in [-0.4, -0.2) is 27.8 Å². The highest BCUT2D eigenvalue weighted by atomic mass is 16.5. The Morgan fingerprint density at radius 1 is 1.10 bits per heavy atom. The maximum absolute atomic E-state index is 13.5. The number of hydrogen-bond donors (Lipinski definition) is 3. The lowest BCUT2D eigenvalue weighted by atomic mass is 9.77. The molecule has 1 aliphatic carbocycles. The molecule has 2 aliphatic rings. The number of aromatic hydroxyl groups is 1. The van der Waals surface area contributed by atoms with Crippen molar-refractivity contribution in [3.63, 3.8) is 0 Å². The van der Waals surface area contributed by atoms with Gasteiger partial charge in [-0.15, -0.1) is 0 Å². The van der Waals surface area contributed by atoms with Crippen molar-refractivity contribution in [2.75, 3.05) is 12.4 Å². The van der Waals surface area contributed by atoms with Crippen LogP contribution in [0.5, 0.6) is 11.5 Å². The number of para-hydroxylation sites is 1. The molecule has 2 heterocycles. The number of aromatic nitrogens is 2. The topological polar surface area (TPSA) is 96.4 Å². The normalized spacial score (nSPS) is 17.9. The number of methoxy groups -OCH3 is 1. The number of ketones is 1. The van der Waals surface area contributed by atoms with Gasteiger partial charge in [0.15, 0.2) is 17.3 Å². The molecule has 0 saturated heterocycles. The predicted molar refractivity (Wildman–Crippen MR) is 112 cm³/mol. The predicted octanol–water partition coefficient (Wildman–Crippen LogP) is 3.44. The zero-order valence-corrected chi connectivity index (χ0v) is 16.4. The van der Waals surface area contributed by atoms with Gasteiger partial charge in [-0.05, 0) is 42.7 Å². The first-order chi connectivity index (χ1) is 14.6. The first-order valence-corrected chi connectivity index (χ1v) is 9.89. The summed E-state index contributed by atoms with van der Waals surface area (Å²) in [5, 5.41) is 16.8. The third-order valence-corrected chi connectivity index (χ3v) is 5.79. The molecule has 0 amide bonds. The van der Waals surface area contributed by atoms with Crippen LogP contribution in [0, 0.1) is 0 Å². The molecule has 0 saturated carbocycles. The Balaban J connectivity index is 1.74. The van der Waals surface area contributed by atoms with E-state index < -0.39 is 5.92 Å². The van der Waals surface area contributed by atoms with E-state index in [0.29, 0.717) is 40.4 Å². The van der Waals surface area contributed by atoms with Crippen LogP contribution in [0.1, 0.15) is 36.3 Å². The molecule has 3 aromatic rings. The second kappa shape index (κ2) is 6.95. The van der Waals surface area contributed by atoms with Gasteiger partial charge in [0.25, 0.3) is 5.56 Å². The second-order valence-corrected chi connectivity index (χ2v) is 7.53. The van der Waals surface area contributed by atoms with Crippen LogP contribution < -0.4 is 15.6 Å². The number of hydrogen-bond acceptors (Lipinski definition) is 5. The van der Waals surface area contributed by atoms with Crippen molar-refractivity contribution in [1.29, 1.82) is 0 Å². The van der Waals surface area contributed by atoms with Crippen molar-refractivity contribution in [3.05, 3.63) is 81.3 Å². The average Bonchev–Trinajstić information content (AvgIpc) is 3.09. The Labute approximate surface area is 172 Å². The van der Waals surface area contributed by atoms with Gasteiger partial charge in [-0.25, -0.2) is 4.68 Å². The number of benzene rings is 2. The number of nitrogens with one attached hydrogen (secondary N) is 2. The van der Waals surface area contributed by atoms with E-state index in [1.54, 1.807) is 18.2 Å². The van der Waals surface area contributed by atoms with Crippen LogP contribution in [0.2, 0.25) is 0 Å². The Morgan fingerprint density at radius 2 is 1.90 bits per heavy atom. The van der Waals surface area contributed by atoms with Crippen molar-refractivity contribution in [2.24, 2.45) is 0 Å². The van der Waals surface area contributed by atoms with Gasteiger partial charge in [0.1, 0.15) is 5.82 Å². The summed E-state index contributed by atoms with van der Waals surface area (Å²) in [7, 11) is 1.48. The summed E-state index contributed by atoms with van der Waals surface area (Å²) in [4.78, 5) is 26.4. The standard InChI is InChI=1S/C23H21N3O4/c1-30-18-11-10-13(12-17(18)28)19-20-15(8-5-9-16(20)27)24-22-21(19)23(29)26(25-22)14-6-3-2-4-7-14/h2-4,6-7,10-12,19,24-25,28H,5,8-9H2,1H3/t19-/m1/s1. The number of rotatable bonds is 3. The van der Waals surface area contributed by atoms with Crippen molar-refractivity contribution in [2.45, 2.75) is 25.2 Å². The van der Waals surface area contributed by atoms with Crippen molar-refractivity contribution in [3.8, 4) is 17.2 Å². The first kappa shape index (κ1) is 18.3. The zero-order chi connectivity index (χ0) is 20.8. The number of ether oxygens (including phenoxy) is 1. The van der Waals surface area contributed by atoms with E-state index in [-0.39, 0.29) is 17.1 Å². The number of anilines is 1. The lowest BCUT2D eigenvalue weighted by Crippen LogP contribution is -2.29. The van der Waals surface area contributed by atoms with Crippen LogP contribution in [-0.2, 0) is 4.79 Å². The molecule has 152 valence electrons. The summed E-state index contributed by atoms with van der Waals surface area (Å²) in [5.41, 5.74) is 3.07. The third kappa shape index (κ3) is 2.74. The van der Waals surface area contributed by atoms with Crippen LogP contribution in [0.25, 0.3) is 5.69 Å². The minimum absolute atomic E-state index is 0.0283. The van der Waals surface area contributed by atoms with Crippen molar-refractivity contribution < 1.29 is 14.6 Å². The molecule has 0 fully saturated rings. The molecule has 0 radical (unpaired) electrons. The van der Waals surface area contributed by atoms with Crippen LogP contribution >= 0.6 is 0 Å². The number of aromatic amines is 1. The molecule has 3 N–H and O–H groups in total. The van der Waals surface area contributed by atoms with Crippen molar-refractivity contribution in [1.82, 2.24) is 9.78 Å². The lowest BCUT2D eigenvalue weighted by molar-refractivity contribution is -0.116. The van der Waals surface area contributed by atoms with E-state index in [0.717, 1.165) is 18.5 Å². The molecular formula is C23H21N3O4. The second-order valence-electron chi connectivity index (χ2n) is 7.53. The number of carbonyl (C=O) groups is 1. The van der Waals surface area contributed by atoms with E-state index >= 15 is 0 Å². The Kier molecular flexibility index (Phi) is 4.24. The molecular weight excluding hydrogens is 382 g/mol. The van der Waals surface area contributed by atoms with Crippen molar-refractivity contribution >= 4 is 11.6 Å². The van der Waals surface area contributed by atoms with E-state index in [9.17, 15) is 14.7 Å². The molecule has 5 rings (SSSR count). The zero-order valence-electron chi connectivity index (χ0n) is 16.4. The maximum Gasteiger partial charge on any atom is 0.277 e. The number of Topliss-reactive ketones (excluding diaryl/α,β-unsaturated/α-hetero) is 1. The Hall–Kier alpha value is -3.74. The summed E-state index contributed by atoms with van der Waals surface area (Å²) >= 11 is 0.